The van der Waals surface area contributed by atoms with Crippen LogP contribution in [0.2, 0.25) is 0 Å². The molecule has 4 N–H and O–H groups in total. The summed E-state index contributed by atoms with van der Waals surface area (Å²) in [6, 6.07) is 3.43. The van der Waals surface area contributed by atoms with Crippen molar-refractivity contribution in [2.75, 3.05) is 50.7 Å². The fourth-order valence-corrected chi connectivity index (χ4v) is 1.62. The molecule has 0 aromatic heterocycles. The van der Waals surface area contributed by atoms with E-state index in [4.69, 9.17) is 10.5 Å². The summed E-state index contributed by atoms with van der Waals surface area (Å²) in [5.41, 5.74) is 7.68. The third-order valence-corrected chi connectivity index (χ3v) is 2.69. The number of carbonyl (C=O) groups excluding carboxylic acids is 1. The first-order chi connectivity index (χ1) is 9.47. The molecule has 0 unspecified atom stereocenters. The molecule has 0 saturated carbocycles. The van der Waals surface area contributed by atoms with Gasteiger partial charge >= 0.3 is 0 Å². The Labute approximate surface area is 119 Å². The molecule has 0 heterocycles. The highest BCUT2D eigenvalue weighted by atomic mass is 16.5. The van der Waals surface area contributed by atoms with Gasteiger partial charge in [0, 0.05) is 19.2 Å². The Kier molecular flexibility index (Phi) is 5.86. The topological polar surface area (TPSA) is 79.6 Å². The molecule has 1 aromatic carbocycles. The van der Waals surface area contributed by atoms with Crippen molar-refractivity contribution < 1.29 is 9.53 Å². The number of carbonyl (C=O) groups is 1. The van der Waals surface area contributed by atoms with E-state index in [1.807, 2.05) is 14.1 Å². The van der Waals surface area contributed by atoms with Gasteiger partial charge in [0.15, 0.2) is 0 Å². The van der Waals surface area contributed by atoms with Gasteiger partial charge in [-0.25, -0.2) is 0 Å². The van der Waals surface area contributed by atoms with E-state index in [9.17, 15) is 4.79 Å². The number of methoxy groups -OCH3 is 1. The van der Waals surface area contributed by atoms with Gasteiger partial charge < -0.3 is 26.0 Å². The van der Waals surface area contributed by atoms with Crippen LogP contribution >= 0.6 is 0 Å². The number of rotatable bonds is 7. The van der Waals surface area contributed by atoms with Gasteiger partial charge in [-0.2, -0.15) is 0 Å². The van der Waals surface area contributed by atoms with Gasteiger partial charge in [0.05, 0.1) is 24.2 Å². The van der Waals surface area contributed by atoms with Crippen LogP contribution in [-0.4, -0.2) is 45.1 Å². The molecule has 1 rings (SSSR count). The molecule has 0 fully saturated rings. The number of anilines is 3. The Morgan fingerprint density at radius 2 is 2.15 bits per heavy atom. The second-order valence-corrected chi connectivity index (χ2v) is 4.56. The van der Waals surface area contributed by atoms with E-state index in [0.717, 1.165) is 18.8 Å². The maximum Gasteiger partial charge on any atom is 0.247 e. The number of likely N-dealkylation sites (N-methyl/N-ethyl adjacent to an activating group) is 1. The van der Waals surface area contributed by atoms with Crippen molar-refractivity contribution in [3.05, 3.63) is 24.8 Å². The third-order valence-electron chi connectivity index (χ3n) is 2.69. The van der Waals surface area contributed by atoms with Gasteiger partial charge in [0.2, 0.25) is 5.91 Å². The summed E-state index contributed by atoms with van der Waals surface area (Å²) in [4.78, 5) is 13.5. The monoisotopic (exact) mass is 278 g/mol. The van der Waals surface area contributed by atoms with Crippen LogP contribution in [0.1, 0.15) is 0 Å². The number of nitrogen functional groups attached to an aromatic ring is 1. The van der Waals surface area contributed by atoms with Crippen molar-refractivity contribution in [3.63, 3.8) is 0 Å². The highest BCUT2D eigenvalue weighted by Gasteiger charge is 2.10. The number of nitrogens with zero attached hydrogens (tertiary/aromatic N) is 1. The average Bonchev–Trinajstić information content (AvgIpc) is 2.40. The summed E-state index contributed by atoms with van der Waals surface area (Å²) in [5.74, 6) is 0.277. The lowest BCUT2D eigenvalue weighted by Gasteiger charge is -2.17. The summed E-state index contributed by atoms with van der Waals surface area (Å²) in [5, 5.41) is 5.97. The summed E-state index contributed by atoms with van der Waals surface area (Å²) in [6.45, 7) is 5.03. The van der Waals surface area contributed by atoms with Crippen molar-refractivity contribution in [1.29, 1.82) is 0 Å². The van der Waals surface area contributed by atoms with E-state index in [-0.39, 0.29) is 5.91 Å². The Balaban J connectivity index is 2.96. The van der Waals surface area contributed by atoms with Crippen LogP contribution in [0.15, 0.2) is 24.8 Å². The average molecular weight is 278 g/mol. The molecule has 6 heteroatoms. The van der Waals surface area contributed by atoms with E-state index in [2.05, 4.69) is 22.1 Å². The van der Waals surface area contributed by atoms with Crippen LogP contribution in [0.3, 0.4) is 0 Å². The van der Waals surface area contributed by atoms with E-state index >= 15 is 0 Å². The first kappa shape index (κ1) is 15.8. The SMILES string of the molecule is C=CC(=O)Nc1cc(N)c(OC)cc1NCCN(C)C. The molecule has 0 aliphatic heterocycles. The lowest BCUT2D eigenvalue weighted by molar-refractivity contribution is -0.111. The number of ether oxygens (including phenoxy) is 1. The van der Waals surface area contributed by atoms with E-state index in [1.54, 1.807) is 19.2 Å². The van der Waals surface area contributed by atoms with E-state index < -0.39 is 0 Å². The second-order valence-electron chi connectivity index (χ2n) is 4.56. The molecular formula is C14H22N4O2. The molecule has 0 atom stereocenters. The predicted molar refractivity (Wildman–Crippen MR) is 83.3 cm³/mol. The van der Waals surface area contributed by atoms with Crippen LogP contribution in [0, 0.1) is 0 Å². The first-order valence-corrected chi connectivity index (χ1v) is 6.27. The molecule has 0 bridgehead atoms. The highest BCUT2D eigenvalue weighted by Crippen LogP contribution is 2.32. The number of nitrogens with two attached hydrogens (primary N) is 1. The van der Waals surface area contributed by atoms with Crippen molar-refractivity contribution in [2.45, 2.75) is 0 Å². The third kappa shape index (κ3) is 4.47. The number of nitrogens with one attached hydrogen (secondary N) is 2. The van der Waals surface area contributed by atoms with Crippen LogP contribution in [-0.2, 0) is 4.79 Å². The lowest BCUT2D eigenvalue weighted by Crippen LogP contribution is -2.21. The summed E-state index contributed by atoms with van der Waals surface area (Å²) in [7, 11) is 5.54. The zero-order valence-electron chi connectivity index (χ0n) is 12.2. The summed E-state index contributed by atoms with van der Waals surface area (Å²) >= 11 is 0. The van der Waals surface area contributed by atoms with Gasteiger partial charge in [0.25, 0.3) is 0 Å². The minimum Gasteiger partial charge on any atom is -0.495 e. The highest BCUT2D eigenvalue weighted by molar-refractivity contribution is 6.01. The Bertz CT molecular complexity index is 486. The van der Waals surface area contributed by atoms with Crippen LogP contribution in [0.4, 0.5) is 17.1 Å². The molecule has 0 aliphatic carbocycles. The molecule has 0 spiro atoms. The molecule has 6 nitrogen and oxygen atoms in total. The Hall–Kier alpha value is -2.21. The largest absolute Gasteiger partial charge is 0.495 e. The zero-order chi connectivity index (χ0) is 15.1. The molecule has 20 heavy (non-hydrogen) atoms. The fourth-order valence-electron chi connectivity index (χ4n) is 1.62. The van der Waals surface area contributed by atoms with Gasteiger partial charge in [-0.05, 0) is 26.2 Å². The Morgan fingerprint density at radius 1 is 1.45 bits per heavy atom. The quantitative estimate of drug-likeness (QED) is 0.518. The molecule has 0 saturated heterocycles. The zero-order valence-corrected chi connectivity index (χ0v) is 12.2. The standard InChI is InChI=1S/C14H22N4O2/c1-5-14(19)17-12-8-10(15)13(20-4)9-11(12)16-6-7-18(2)3/h5,8-9,16H,1,6-7,15H2,2-4H3,(H,17,19). The molecule has 1 aromatic rings. The lowest BCUT2D eigenvalue weighted by atomic mass is 10.2. The van der Waals surface area contributed by atoms with Gasteiger partial charge in [0.1, 0.15) is 5.75 Å². The summed E-state index contributed by atoms with van der Waals surface area (Å²) < 4.78 is 5.19. The molecule has 110 valence electrons. The predicted octanol–water partition coefficient (Wildman–Crippen LogP) is 1.38. The fraction of sp³-hybridized carbons (Fsp3) is 0.357. The van der Waals surface area contributed by atoms with Crippen molar-refractivity contribution in [1.82, 2.24) is 4.90 Å². The number of hydrogen-bond donors (Lipinski definition) is 3. The normalized spacial score (nSPS) is 10.2. The van der Waals surface area contributed by atoms with E-state index in [1.165, 1.54) is 6.08 Å². The maximum absolute atomic E-state index is 11.4. The second kappa shape index (κ2) is 7.40. The number of benzene rings is 1. The number of hydrogen-bond acceptors (Lipinski definition) is 5. The molecule has 0 aliphatic rings. The van der Waals surface area contributed by atoms with Crippen molar-refractivity contribution in [3.8, 4) is 5.75 Å². The number of amides is 1. The first-order valence-electron chi connectivity index (χ1n) is 6.27. The van der Waals surface area contributed by atoms with Crippen molar-refractivity contribution in [2.24, 2.45) is 0 Å². The minimum absolute atomic E-state index is 0.287. The maximum atomic E-state index is 11.4. The molecule has 1 amide bonds. The van der Waals surface area contributed by atoms with Crippen LogP contribution < -0.4 is 21.1 Å². The Morgan fingerprint density at radius 3 is 2.70 bits per heavy atom. The smallest absolute Gasteiger partial charge is 0.247 e. The van der Waals surface area contributed by atoms with Gasteiger partial charge in [-0.15, -0.1) is 0 Å². The molecule has 0 radical (unpaired) electrons. The summed E-state index contributed by atoms with van der Waals surface area (Å²) in [6.07, 6.45) is 1.21. The van der Waals surface area contributed by atoms with E-state index in [0.29, 0.717) is 17.1 Å². The van der Waals surface area contributed by atoms with Crippen molar-refractivity contribution >= 4 is 23.0 Å². The minimum atomic E-state index is -0.287. The van der Waals surface area contributed by atoms with Crippen LogP contribution in [0.5, 0.6) is 5.75 Å². The van der Waals surface area contributed by atoms with Gasteiger partial charge in [-0.1, -0.05) is 6.58 Å². The van der Waals surface area contributed by atoms with Gasteiger partial charge in [-0.3, -0.25) is 4.79 Å². The molecular weight excluding hydrogens is 256 g/mol. The van der Waals surface area contributed by atoms with Crippen LogP contribution in [0.25, 0.3) is 0 Å².